The van der Waals surface area contributed by atoms with E-state index in [1.807, 2.05) is 0 Å². The van der Waals surface area contributed by atoms with Crippen molar-refractivity contribution in [2.75, 3.05) is 11.9 Å². The van der Waals surface area contributed by atoms with Gasteiger partial charge in [-0.25, -0.2) is 0 Å². The molecule has 1 aromatic carbocycles. The highest BCUT2D eigenvalue weighted by atomic mass is 31.2. The van der Waals surface area contributed by atoms with Gasteiger partial charge >= 0.3 is 7.60 Å². The first-order chi connectivity index (χ1) is 10.4. The lowest BCUT2D eigenvalue weighted by atomic mass is 10.1. The van der Waals surface area contributed by atoms with Crippen molar-refractivity contribution in [1.29, 1.82) is 0 Å². The summed E-state index contributed by atoms with van der Waals surface area (Å²) in [5, 5.41) is 2.83. The van der Waals surface area contributed by atoms with Gasteiger partial charge in [-0.2, -0.15) is 4.79 Å². The molecule has 0 atom stereocenters. The summed E-state index contributed by atoms with van der Waals surface area (Å²) in [6.07, 6.45) is 5.47. The number of hydrogen-bond acceptors (Lipinski definition) is 3. The maximum atomic E-state index is 11.7. The van der Waals surface area contributed by atoms with Crippen LogP contribution < -0.4 is 15.4 Å². The lowest BCUT2D eigenvalue weighted by Gasteiger charge is -2.16. The molecule has 0 saturated heterocycles. The molecule has 1 aromatic rings. The summed E-state index contributed by atoms with van der Waals surface area (Å²) in [5.41, 5.74) is 10.1. The second kappa shape index (κ2) is 6.73. The Morgan fingerprint density at radius 3 is 2.73 bits per heavy atom. The summed E-state index contributed by atoms with van der Waals surface area (Å²) < 4.78 is 16.9. The second-order valence-electron chi connectivity index (χ2n) is 4.57. The highest BCUT2D eigenvalue weighted by Gasteiger charge is 2.23. The topological polar surface area (TPSA) is 115 Å². The molecule has 1 aliphatic carbocycles. The van der Waals surface area contributed by atoms with E-state index in [-0.39, 0.29) is 5.30 Å². The third-order valence-electron chi connectivity index (χ3n) is 2.99. The number of nitrogens with one attached hydrogen (secondary N) is 1. The van der Waals surface area contributed by atoms with Gasteiger partial charge in [-0.05, 0) is 37.3 Å². The van der Waals surface area contributed by atoms with Crippen molar-refractivity contribution >= 4 is 24.3 Å². The third kappa shape index (κ3) is 3.93. The van der Waals surface area contributed by atoms with Crippen molar-refractivity contribution in [3.8, 4) is 5.75 Å². The maximum absolute atomic E-state index is 11.7. The standard InChI is InChI=1S/C14H16N3O4P/c1-2-21-12-7-8-13(14(9-12)22(18,19)20)16-10-3-5-11(17-15)6-4-10/h3-5,7-9,16H,2,6H2,1H3,(H2,18,19,20). The molecule has 0 radical (unpaired) electrons. The van der Waals surface area contributed by atoms with Crippen LogP contribution in [0.25, 0.3) is 5.53 Å². The number of anilines is 1. The number of benzene rings is 1. The van der Waals surface area contributed by atoms with E-state index in [0.29, 0.717) is 35.9 Å². The van der Waals surface area contributed by atoms with E-state index in [1.165, 1.54) is 6.07 Å². The monoisotopic (exact) mass is 321 g/mol. The molecule has 0 heterocycles. The fourth-order valence-electron chi connectivity index (χ4n) is 1.97. The van der Waals surface area contributed by atoms with E-state index in [0.717, 1.165) is 0 Å². The van der Waals surface area contributed by atoms with Crippen molar-refractivity contribution in [3.05, 3.63) is 47.7 Å². The molecule has 0 aliphatic heterocycles. The van der Waals surface area contributed by atoms with Crippen LogP contribution in [-0.4, -0.2) is 26.9 Å². The predicted molar refractivity (Wildman–Crippen MR) is 83.4 cm³/mol. The van der Waals surface area contributed by atoms with Gasteiger partial charge in [0, 0.05) is 11.8 Å². The largest absolute Gasteiger partial charge is 0.494 e. The molecule has 0 bridgehead atoms. The van der Waals surface area contributed by atoms with Crippen molar-refractivity contribution in [1.82, 2.24) is 0 Å². The van der Waals surface area contributed by atoms with Crippen LogP contribution in [0.1, 0.15) is 13.3 Å². The minimum absolute atomic E-state index is 0.130. The van der Waals surface area contributed by atoms with E-state index in [1.54, 1.807) is 37.3 Å². The first-order valence-corrected chi connectivity index (χ1v) is 8.24. The molecule has 116 valence electrons. The van der Waals surface area contributed by atoms with Crippen LogP contribution >= 0.6 is 7.60 Å². The first kappa shape index (κ1) is 16.2. The number of hydrogen-bond donors (Lipinski definition) is 3. The Morgan fingerprint density at radius 2 is 2.18 bits per heavy atom. The van der Waals surface area contributed by atoms with Gasteiger partial charge in [0.25, 0.3) is 5.71 Å². The molecule has 0 saturated carbocycles. The molecule has 7 nitrogen and oxygen atoms in total. The average Bonchev–Trinajstić information content (AvgIpc) is 2.49. The molecule has 0 fully saturated rings. The van der Waals surface area contributed by atoms with Gasteiger partial charge in [-0.3, -0.25) is 4.57 Å². The van der Waals surface area contributed by atoms with Crippen LogP contribution in [0.3, 0.4) is 0 Å². The molecule has 0 aromatic heterocycles. The Hall–Kier alpha value is -2.17. The Bertz CT molecular complexity index is 730. The zero-order valence-corrected chi connectivity index (χ0v) is 12.8. The fraction of sp³-hybridized carbons (Fsp3) is 0.214. The van der Waals surface area contributed by atoms with Crippen molar-refractivity contribution in [2.24, 2.45) is 0 Å². The average molecular weight is 321 g/mol. The highest BCUT2D eigenvalue weighted by molar-refractivity contribution is 7.60. The van der Waals surface area contributed by atoms with Gasteiger partial charge in [0.15, 0.2) is 0 Å². The molecule has 1 aliphatic rings. The lowest BCUT2D eigenvalue weighted by Crippen LogP contribution is -2.14. The highest BCUT2D eigenvalue weighted by Crippen LogP contribution is 2.38. The van der Waals surface area contributed by atoms with Gasteiger partial charge in [0.05, 0.1) is 24.0 Å². The zero-order chi connectivity index (χ0) is 16.2. The van der Waals surface area contributed by atoms with E-state index in [4.69, 9.17) is 10.3 Å². The summed E-state index contributed by atoms with van der Waals surface area (Å²) in [5.74, 6) is 0.397. The molecule has 0 amide bonds. The van der Waals surface area contributed by atoms with E-state index in [2.05, 4.69) is 10.1 Å². The molecule has 8 heteroatoms. The molecular weight excluding hydrogens is 305 g/mol. The van der Waals surface area contributed by atoms with Crippen LogP contribution in [0.5, 0.6) is 5.75 Å². The van der Waals surface area contributed by atoms with Crippen LogP contribution in [0, 0.1) is 0 Å². The normalized spacial score (nSPS) is 14.3. The maximum Gasteiger partial charge on any atom is 0.358 e. The van der Waals surface area contributed by atoms with Gasteiger partial charge in [-0.15, -0.1) is 0 Å². The van der Waals surface area contributed by atoms with Crippen LogP contribution in [0.2, 0.25) is 0 Å². The number of allylic oxidation sites excluding steroid dienone is 3. The van der Waals surface area contributed by atoms with E-state index in [9.17, 15) is 14.4 Å². The molecule has 22 heavy (non-hydrogen) atoms. The molecule has 2 rings (SSSR count). The quantitative estimate of drug-likeness (QED) is 0.434. The minimum atomic E-state index is -4.45. The lowest BCUT2D eigenvalue weighted by molar-refractivity contribution is -0.00540. The molecule has 0 unspecified atom stereocenters. The van der Waals surface area contributed by atoms with Gasteiger partial charge in [0.2, 0.25) is 0 Å². The predicted octanol–water partition coefficient (Wildman–Crippen LogP) is 1.81. The number of nitrogens with zero attached hydrogens (tertiary/aromatic N) is 2. The Labute approximate surface area is 127 Å². The van der Waals surface area contributed by atoms with Gasteiger partial charge in [-0.1, -0.05) is 0 Å². The summed E-state index contributed by atoms with van der Waals surface area (Å²) in [6, 6.07) is 4.53. The zero-order valence-electron chi connectivity index (χ0n) is 11.9. The fourth-order valence-corrected chi connectivity index (χ4v) is 2.71. The summed E-state index contributed by atoms with van der Waals surface area (Å²) in [6.45, 7) is 2.20. The summed E-state index contributed by atoms with van der Waals surface area (Å²) in [7, 11) is -4.45. The summed E-state index contributed by atoms with van der Waals surface area (Å²) >= 11 is 0. The van der Waals surface area contributed by atoms with E-state index >= 15 is 0 Å². The Kier molecular flexibility index (Phi) is 4.96. The SMILES string of the molecule is CCOc1ccc(NC2=CCC(=[N+]=[N-])C=C2)c(P(=O)(O)O)c1. The van der Waals surface area contributed by atoms with Gasteiger partial charge in [0.1, 0.15) is 5.75 Å². The smallest absolute Gasteiger partial charge is 0.358 e. The second-order valence-corrected chi connectivity index (χ2v) is 6.14. The number of ether oxygens (including phenoxy) is 1. The van der Waals surface area contributed by atoms with Gasteiger partial charge < -0.3 is 25.4 Å². The molecule has 0 spiro atoms. The van der Waals surface area contributed by atoms with Crippen LogP contribution in [-0.2, 0) is 4.57 Å². The molecule has 3 N–H and O–H groups in total. The van der Waals surface area contributed by atoms with Crippen molar-refractivity contribution in [2.45, 2.75) is 13.3 Å². The van der Waals surface area contributed by atoms with Crippen LogP contribution in [0.15, 0.2) is 42.1 Å². The van der Waals surface area contributed by atoms with E-state index < -0.39 is 7.60 Å². The van der Waals surface area contributed by atoms with Crippen LogP contribution in [0.4, 0.5) is 5.69 Å². The molecular formula is C14H16N3O4P. The Balaban J connectivity index is 2.31. The minimum Gasteiger partial charge on any atom is -0.494 e. The first-order valence-electron chi connectivity index (χ1n) is 6.63. The third-order valence-corrected chi connectivity index (χ3v) is 3.99. The van der Waals surface area contributed by atoms with Crippen molar-refractivity contribution in [3.63, 3.8) is 0 Å². The van der Waals surface area contributed by atoms with Crippen molar-refractivity contribution < 1.29 is 23.9 Å². The summed E-state index contributed by atoms with van der Waals surface area (Å²) in [4.78, 5) is 22.1. The Morgan fingerprint density at radius 1 is 1.41 bits per heavy atom. The number of rotatable bonds is 5.